The normalized spacial score (nSPS) is 13.8. The minimum atomic E-state index is -4.54. The average Bonchev–Trinajstić information content (AvgIpc) is 1.85. The van der Waals surface area contributed by atoms with Crippen LogP contribution in [0, 0.1) is 5.41 Å². The van der Waals surface area contributed by atoms with Crippen LogP contribution in [0.3, 0.4) is 0 Å². The molecule has 0 saturated carbocycles. The summed E-state index contributed by atoms with van der Waals surface area (Å²) in [5, 5.41) is 0. The molecule has 0 aliphatic rings. The quantitative estimate of drug-likeness (QED) is 0.658. The summed E-state index contributed by atoms with van der Waals surface area (Å²) in [7, 11) is 0. The Morgan fingerprint density at radius 3 is 2.00 bits per heavy atom. The number of alkyl halides is 3. The summed E-state index contributed by atoms with van der Waals surface area (Å²) in [5.74, 6) is -1.04. The predicted octanol–water partition coefficient (Wildman–Crippen LogP) is 1.62. The molecule has 0 aromatic heterocycles. The zero-order chi connectivity index (χ0) is 9.99. The van der Waals surface area contributed by atoms with Crippen LogP contribution in [0.2, 0.25) is 0 Å². The maximum absolute atomic E-state index is 12.1. The molecule has 0 radical (unpaired) electrons. The molecule has 0 aromatic rings. The van der Waals surface area contributed by atoms with Gasteiger partial charge in [-0.25, -0.2) is 0 Å². The number of hydrogen-bond donors (Lipinski definition) is 1. The second-order valence-electron chi connectivity index (χ2n) is 2.85. The fourth-order valence-electron chi connectivity index (χ4n) is 0.435. The summed E-state index contributed by atoms with van der Waals surface area (Å²) in [6.45, 7) is 1.63. The van der Waals surface area contributed by atoms with Gasteiger partial charge in [0.1, 0.15) is 5.41 Å². The Labute approximate surface area is 68.2 Å². The second kappa shape index (κ2) is 3.16. The highest BCUT2D eigenvalue weighted by Crippen LogP contribution is 2.38. The van der Waals surface area contributed by atoms with Crippen LogP contribution >= 0.6 is 0 Å². The van der Waals surface area contributed by atoms with Crippen LogP contribution in [0.25, 0.3) is 0 Å². The lowest BCUT2D eigenvalue weighted by Crippen LogP contribution is -2.38. The SMILES string of the molecule is CC(C)(C(=O)/C=C\N)C(F)(F)F. The molecule has 0 rings (SSSR count). The lowest BCUT2D eigenvalue weighted by Gasteiger charge is -2.24. The number of rotatable bonds is 2. The molecule has 2 N–H and O–H groups in total. The van der Waals surface area contributed by atoms with Gasteiger partial charge in [0.05, 0.1) is 0 Å². The Bertz CT molecular complexity index is 205. The van der Waals surface area contributed by atoms with Gasteiger partial charge in [-0.1, -0.05) is 0 Å². The second-order valence-corrected chi connectivity index (χ2v) is 2.85. The van der Waals surface area contributed by atoms with E-state index in [1.54, 1.807) is 0 Å². The molecule has 0 fully saturated rings. The maximum atomic E-state index is 12.1. The van der Waals surface area contributed by atoms with Gasteiger partial charge in [-0.05, 0) is 26.1 Å². The van der Waals surface area contributed by atoms with Gasteiger partial charge in [-0.2, -0.15) is 13.2 Å². The standard InChI is InChI=1S/C7H10F3NO/c1-6(2,7(8,9)10)5(12)3-4-11/h3-4H,11H2,1-2H3/b4-3-. The van der Waals surface area contributed by atoms with Crippen molar-refractivity contribution in [2.24, 2.45) is 11.1 Å². The number of hydrogen-bond acceptors (Lipinski definition) is 2. The van der Waals surface area contributed by atoms with E-state index in [0.717, 1.165) is 20.0 Å². The first-order valence-electron chi connectivity index (χ1n) is 3.23. The van der Waals surface area contributed by atoms with E-state index in [0.29, 0.717) is 6.08 Å². The highest BCUT2D eigenvalue weighted by molar-refractivity contribution is 5.94. The third-order valence-electron chi connectivity index (χ3n) is 1.57. The number of allylic oxidation sites excluding steroid dienone is 1. The van der Waals surface area contributed by atoms with Crippen molar-refractivity contribution in [3.05, 3.63) is 12.3 Å². The fourth-order valence-corrected chi connectivity index (χ4v) is 0.435. The molecule has 0 heterocycles. The molecule has 0 aliphatic heterocycles. The van der Waals surface area contributed by atoms with Crippen molar-refractivity contribution in [1.29, 1.82) is 0 Å². The number of halogens is 3. The van der Waals surface area contributed by atoms with E-state index in [-0.39, 0.29) is 0 Å². The molecule has 12 heavy (non-hydrogen) atoms. The van der Waals surface area contributed by atoms with Gasteiger partial charge in [-0.15, -0.1) is 0 Å². The Morgan fingerprint density at radius 1 is 1.33 bits per heavy atom. The van der Waals surface area contributed by atoms with E-state index in [1.165, 1.54) is 0 Å². The molecule has 2 nitrogen and oxygen atoms in total. The van der Waals surface area contributed by atoms with E-state index in [1.807, 2.05) is 0 Å². The Hall–Kier alpha value is -1.00. The van der Waals surface area contributed by atoms with Crippen LogP contribution in [0.1, 0.15) is 13.8 Å². The van der Waals surface area contributed by atoms with Crippen molar-refractivity contribution in [2.45, 2.75) is 20.0 Å². The summed E-state index contributed by atoms with van der Waals surface area (Å²) in [5.41, 5.74) is 2.44. The largest absolute Gasteiger partial charge is 0.404 e. The van der Waals surface area contributed by atoms with Crippen LogP contribution in [-0.4, -0.2) is 12.0 Å². The van der Waals surface area contributed by atoms with Crippen molar-refractivity contribution in [3.63, 3.8) is 0 Å². The summed E-state index contributed by atoms with van der Waals surface area (Å²) in [6.07, 6.45) is -3.02. The van der Waals surface area contributed by atoms with Crippen LogP contribution in [0.5, 0.6) is 0 Å². The molecule has 0 atom stereocenters. The topological polar surface area (TPSA) is 43.1 Å². The van der Waals surface area contributed by atoms with Crippen molar-refractivity contribution >= 4 is 5.78 Å². The van der Waals surface area contributed by atoms with Crippen LogP contribution < -0.4 is 5.73 Å². The zero-order valence-corrected chi connectivity index (χ0v) is 6.77. The van der Waals surface area contributed by atoms with Gasteiger partial charge in [0.2, 0.25) is 0 Å². The highest BCUT2D eigenvalue weighted by atomic mass is 19.4. The van der Waals surface area contributed by atoms with Crippen LogP contribution in [0.15, 0.2) is 12.3 Å². The lowest BCUT2D eigenvalue weighted by molar-refractivity contribution is -0.207. The minimum absolute atomic E-state index is 0.716. The van der Waals surface area contributed by atoms with Crippen molar-refractivity contribution in [2.75, 3.05) is 0 Å². The average molecular weight is 181 g/mol. The number of ketones is 1. The highest BCUT2D eigenvalue weighted by Gasteiger charge is 2.51. The molecular formula is C7H10F3NO. The molecule has 0 unspecified atom stereocenters. The first kappa shape index (κ1) is 11.0. The predicted molar refractivity (Wildman–Crippen MR) is 38.2 cm³/mol. The van der Waals surface area contributed by atoms with Crippen LogP contribution in [0.4, 0.5) is 13.2 Å². The third-order valence-corrected chi connectivity index (χ3v) is 1.57. The molecule has 0 bridgehead atoms. The number of nitrogens with two attached hydrogens (primary N) is 1. The molecule has 0 aromatic carbocycles. The van der Waals surface area contributed by atoms with Gasteiger partial charge >= 0.3 is 6.18 Å². The molecular weight excluding hydrogens is 171 g/mol. The monoisotopic (exact) mass is 181 g/mol. The van der Waals surface area contributed by atoms with Gasteiger partial charge in [0.15, 0.2) is 5.78 Å². The Morgan fingerprint density at radius 2 is 1.75 bits per heavy atom. The maximum Gasteiger partial charge on any atom is 0.401 e. The Kier molecular flexibility index (Phi) is 2.90. The summed E-state index contributed by atoms with van der Waals surface area (Å²) in [4.78, 5) is 10.8. The van der Waals surface area contributed by atoms with E-state index in [4.69, 9.17) is 5.73 Å². The number of carbonyl (C=O) groups excluding carboxylic acids is 1. The first-order valence-corrected chi connectivity index (χ1v) is 3.23. The summed E-state index contributed by atoms with van der Waals surface area (Å²) in [6, 6.07) is 0. The third kappa shape index (κ3) is 1.99. The van der Waals surface area contributed by atoms with Gasteiger partial charge in [0, 0.05) is 0 Å². The molecule has 0 aliphatic carbocycles. The van der Waals surface area contributed by atoms with Crippen molar-refractivity contribution < 1.29 is 18.0 Å². The van der Waals surface area contributed by atoms with Crippen molar-refractivity contribution in [3.8, 4) is 0 Å². The van der Waals surface area contributed by atoms with E-state index < -0.39 is 17.4 Å². The molecule has 0 spiro atoms. The zero-order valence-electron chi connectivity index (χ0n) is 6.77. The molecule has 5 heteroatoms. The summed E-state index contributed by atoms with van der Waals surface area (Å²) < 4.78 is 36.3. The van der Waals surface area contributed by atoms with E-state index in [2.05, 4.69) is 0 Å². The molecule has 70 valence electrons. The number of carbonyl (C=O) groups is 1. The first-order chi connectivity index (χ1) is 5.23. The van der Waals surface area contributed by atoms with E-state index in [9.17, 15) is 18.0 Å². The molecule has 0 saturated heterocycles. The molecule has 0 amide bonds. The van der Waals surface area contributed by atoms with Crippen LogP contribution in [-0.2, 0) is 4.79 Å². The smallest absolute Gasteiger partial charge is 0.401 e. The minimum Gasteiger partial charge on any atom is -0.404 e. The van der Waals surface area contributed by atoms with Gasteiger partial charge in [0.25, 0.3) is 0 Å². The lowest BCUT2D eigenvalue weighted by atomic mass is 9.87. The fraction of sp³-hybridized carbons (Fsp3) is 0.571. The Balaban J connectivity index is 4.74. The van der Waals surface area contributed by atoms with Gasteiger partial charge in [-0.3, -0.25) is 4.79 Å². The van der Waals surface area contributed by atoms with Gasteiger partial charge < -0.3 is 5.73 Å². The summed E-state index contributed by atoms with van der Waals surface area (Å²) >= 11 is 0. The van der Waals surface area contributed by atoms with Crippen molar-refractivity contribution in [1.82, 2.24) is 0 Å². The van der Waals surface area contributed by atoms with E-state index >= 15 is 0 Å².